The molecule has 31 heavy (non-hydrogen) atoms. The van der Waals surface area contributed by atoms with E-state index in [1.54, 1.807) is 19.3 Å². The van der Waals surface area contributed by atoms with Gasteiger partial charge in [-0.1, -0.05) is 30.3 Å². The predicted molar refractivity (Wildman–Crippen MR) is 131 cm³/mol. The minimum atomic E-state index is -0.286. The molecule has 0 bridgehead atoms. The first-order chi connectivity index (χ1) is 14.7. The number of anilines is 1. The Bertz CT molecular complexity index is 992. The van der Waals surface area contributed by atoms with Crippen molar-refractivity contribution < 1.29 is 4.39 Å². The summed E-state index contributed by atoms with van der Waals surface area (Å²) >= 11 is 0. The highest BCUT2D eigenvalue weighted by Crippen LogP contribution is 2.20. The molecule has 0 aliphatic carbocycles. The van der Waals surface area contributed by atoms with E-state index in [4.69, 9.17) is 0 Å². The molecular formula is C22H27FIN7. The standard InChI is InChI=1S/C22H26FN7.HI/c1-24-22(28-18-9-12-30(16-18)21-19(23)8-5-10-26-21)27-14-20-25-11-13-29(20)15-17-6-3-2-4-7-17;/h2-8,10-11,13,18H,9,12,14-16H2,1H3,(H2,24,27,28);1H. The second-order valence-corrected chi connectivity index (χ2v) is 7.27. The van der Waals surface area contributed by atoms with Gasteiger partial charge in [0.1, 0.15) is 5.82 Å². The van der Waals surface area contributed by atoms with Gasteiger partial charge in [-0.05, 0) is 24.1 Å². The van der Waals surface area contributed by atoms with Crippen LogP contribution in [0.15, 0.2) is 66.0 Å². The zero-order valence-corrected chi connectivity index (χ0v) is 19.7. The van der Waals surface area contributed by atoms with Crippen LogP contribution in [0.2, 0.25) is 0 Å². The van der Waals surface area contributed by atoms with E-state index in [0.29, 0.717) is 24.9 Å². The van der Waals surface area contributed by atoms with E-state index in [-0.39, 0.29) is 35.8 Å². The summed E-state index contributed by atoms with van der Waals surface area (Å²) in [5.41, 5.74) is 1.23. The van der Waals surface area contributed by atoms with Crippen LogP contribution >= 0.6 is 24.0 Å². The fourth-order valence-electron chi connectivity index (χ4n) is 3.66. The third-order valence-electron chi connectivity index (χ3n) is 5.20. The van der Waals surface area contributed by atoms with Gasteiger partial charge in [0.25, 0.3) is 0 Å². The Kier molecular flexibility index (Phi) is 8.21. The molecule has 1 aliphatic rings. The average molecular weight is 535 g/mol. The monoisotopic (exact) mass is 535 g/mol. The van der Waals surface area contributed by atoms with Gasteiger partial charge < -0.3 is 20.1 Å². The molecule has 2 aromatic heterocycles. The maximum Gasteiger partial charge on any atom is 0.191 e. The summed E-state index contributed by atoms with van der Waals surface area (Å²) < 4.78 is 16.1. The van der Waals surface area contributed by atoms with Crippen molar-refractivity contribution in [3.63, 3.8) is 0 Å². The van der Waals surface area contributed by atoms with Crippen LogP contribution in [-0.2, 0) is 13.1 Å². The lowest BCUT2D eigenvalue weighted by Gasteiger charge is -2.20. The van der Waals surface area contributed by atoms with E-state index in [0.717, 1.165) is 25.3 Å². The Labute approximate surface area is 198 Å². The number of hydrogen-bond donors (Lipinski definition) is 2. The van der Waals surface area contributed by atoms with Crippen molar-refractivity contribution in [1.82, 2.24) is 25.2 Å². The van der Waals surface area contributed by atoms with Crippen molar-refractivity contribution in [3.8, 4) is 0 Å². The van der Waals surface area contributed by atoms with Crippen LogP contribution in [0.5, 0.6) is 0 Å². The summed E-state index contributed by atoms with van der Waals surface area (Å²) in [5.74, 6) is 1.77. The Morgan fingerprint density at radius 2 is 2.00 bits per heavy atom. The highest BCUT2D eigenvalue weighted by Gasteiger charge is 2.26. The molecule has 1 atom stereocenters. The lowest BCUT2D eigenvalue weighted by Crippen LogP contribution is -2.44. The number of aliphatic imine (C=N–C) groups is 1. The number of imidazole rings is 1. The maximum atomic E-state index is 14.0. The topological polar surface area (TPSA) is 70.4 Å². The van der Waals surface area contributed by atoms with Gasteiger partial charge in [-0.15, -0.1) is 24.0 Å². The van der Waals surface area contributed by atoms with Gasteiger partial charge in [0, 0.05) is 51.3 Å². The number of benzene rings is 1. The molecule has 9 heteroatoms. The van der Waals surface area contributed by atoms with Gasteiger partial charge >= 0.3 is 0 Å². The first-order valence-electron chi connectivity index (χ1n) is 10.1. The summed E-state index contributed by atoms with van der Waals surface area (Å²) in [6.45, 7) is 2.77. The molecule has 1 unspecified atom stereocenters. The van der Waals surface area contributed by atoms with Crippen molar-refractivity contribution >= 4 is 35.8 Å². The first-order valence-corrected chi connectivity index (χ1v) is 10.1. The van der Waals surface area contributed by atoms with E-state index >= 15 is 0 Å². The van der Waals surface area contributed by atoms with Gasteiger partial charge in [0.2, 0.25) is 0 Å². The molecule has 0 radical (unpaired) electrons. The van der Waals surface area contributed by atoms with E-state index in [9.17, 15) is 4.39 Å². The Morgan fingerprint density at radius 3 is 2.77 bits per heavy atom. The normalized spacial score (nSPS) is 16.1. The van der Waals surface area contributed by atoms with Crippen molar-refractivity contribution in [2.24, 2.45) is 4.99 Å². The smallest absolute Gasteiger partial charge is 0.191 e. The van der Waals surface area contributed by atoms with Crippen LogP contribution < -0.4 is 15.5 Å². The lowest BCUT2D eigenvalue weighted by molar-refractivity contribution is 0.611. The summed E-state index contributed by atoms with van der Waals surface area (Å²) in [6.07, 6.45) is 6.30. The van der Waals surface area contributed by atoms with Crippen molar-refractivity contribution in [2.75, 3.05) is 25.0 Å². The third-order valence-corrected chi connectivity index (χ3v) is 5.20. The molecule has 1 saturated heterocycles. The summed E-state index contributed by atoms with van der Waals surface area (Å²) in [5, 5.41) is 6.76. The van der Waals surface area contributed by atoms with Gasteiger partial charge in [-0.2, -0.15) is 0 Å². The molecular weight excluding hydrogens is 508 g/mol. The van der Waals surface area contributed by atoms with E-state index in [1.807, 2.05) is 35.5 Å². The minimum absolute atomic E-state index is 0. The largest absolute Gasteiger partial charge is 0.352 e. The molecule has 3 aromatic rings. The SMILES string of the molecule is CN=C(NCc1nccn1Cc1ccccc1)NC1CCN(c2ncccc2F)C1.I. The molecule has 2 N–H and O–H groups in total. The fraction of sp³-hybridized carbons (Fsp3) is 0.318. The number of nitrogens with one attached hydrogen (secondary N) is 2. The van der Waals surface area contributed by atoms with Crippen molar-refractivity contribution in [2.45, 2.75) is 25.6 Å². The summed E-state index contributed by atoms with van der Waals surface area (Å²) in [4.78, 5) is 14.9. The summed E-state index contributed by atoms with van der Waals surface area (Å²) in [6, 6.07) is 13.5. The molecule has 0 saturated carbocycles. The van der Waals surface area contributed by atoms with E-state index in [2.05, 4.69) is 42.3 Å². The number of halogens is 2. The van der Waals surface area contributed by atoms with Gasteiger partial charge in [-0.25, -0.2) is 14.4 Å². The predicted octanol–water partition coefficient (Wildman–Crippen LogP) is 3.03. The van der Waals surface area contributed by atoms with Crippen LogP contribution in [0.4, 0.5) is 10.2 Å². The van der Waals surface area contributed by atoms with Crippen LogP contribution in [0.3, 0.4) is 0 Å². The van der Waals surface area contributed by atoms with Crippen molar-refractivity contribution in [3.05, 3.63) is 78.3 Å². The highest BCUT2D eigenvalue weighted by molar-refractivity contribution is 14.0. The highest BCUT2D eigenvalue weighted by atomic mass is 127. The molecule has 1 aliphatic heterocycles. The van der Waals surface area contributed by atoms with Gasteiger partial charge in [0.15, 0.2) is 17.6 Å². The van der Waals surface area contributed by atoms with Crippen LogP contribution in [0, 0.1) is 5.82 Å². The minimum Gasteiger partial charge on any atom is -0.352 e. The molecule has 7 nitrogen and oxygen atoms in total. The fourth-order valence-corrected chi connectivity index (χ4v) is 3.66. The second-order valence-electron chi connectivity index (χ2n) is 7.27. The maximum absolute atomic E-state index is 14.0. The van der Waals surface area contributed by atoms with E-state index < -0.39 is 0 Å². The van der Waals surface area contributed by atoms with Crippen LogP contribution in [-0.4, -0.2) is 46.7 Å². The zero-order chi connectivity index (χ0) is 20.8. The van der Waals surface area contributed by atoms with Crippen molar-refractivity contribution in [1.29, 1.82) is 0 Å². The van der Waals surface area contributed by atoms with Gasteiger partial charge in [0.05, 0.1) is 6.54 Å². The molecule has 0 amide bonds. The number of aromatic nitrogens is 3. The van der Waals surface area contributed by atoms with Crippen LogP contribution in [0.25, 0.3) is 0 Å². The molecule has 0 spiro atoms. The average Bonchev–Trinajstić information content (AvgIpc) is 3.41. The molecule has 164 valence electrons. The molecule has 1 aromatic carbocycles. The van der Waals surface area contributed by atoms with Crippen LogP contribution in [0.1, 0.15) is 17.8 Å². The lowest BCUT2D eigenvalue weighted by atomic mass is 10.2. The van der Waals surface area contributed by atoms with Gasteiger partial charge in [-0.3, -0.25) is 4.99 Å². The Morgan fingerprint density at radius 1 is 1.16 bits per heavy atom. The molecule has 4 rings (SSSR count). The number of hydrogen-bond acceptors (Lipinski definition) is 4. The Hall–Kier alpha value is -2.69. The summed E-state index contributed by atoms with van der Waals surface area (Å²) in [7, 11) is 1.75. The zero-order valence-electron chi connectivity index (χ0n) is 17.4. The number of guanidine groups is 1. The first kappa shape index (κ1) is 23.0. The molecule has 1 fully saturated rings. The second kappa shape index (κ2) is 11.1. The van der Waals surface area contributed by atoms with E-state index in [1.165, 1.54) is 11.6 Å². The molecule has 3 heterocycles. The third kappa shape index (κ3) is 5.93. The number of rotatable bonds is 6. The number of nitrogens with zero attached hydrogens (tertiary/aromatic N) is 5. The quantitative estimate of drug-likeness (QED) is 0.289. The number of pyridine rings is 1. The Balaban J connectivity index is 0.00000272.